The van der Waals surface area contributed by atoms with Crippen LogP contribution in [0, 0.1) is 0 Å². The Kier molecular flexibility index (Phi) is 17.7. The lowest BCUT2D eigenvalue weighted by Crippen LogP contribution is -2.33. The van der Waals surface area contributed by atoms with Gasteiger partial charge in [0.15, 0.2) is 0 Å². The van der Waals surface area contributed by atoms with E-state index in [1.165, 1.54) is 96.3 Å². The molecule has 0 saturated carbocycles. The molecule has 3 nitrogen and oxygen atoms in total. The third kappa shape index (κ3) is 19.6. The maximum Gasteiger partial charge on any atom is 0.407 e. The Morgan fingerprint density at radius 3 is 1.52 bits per heavy atom. The van der Waals surface area contributed by atoms with Crippen molar-refractivity contribution in [3.63, 3.8) is 0 Å². The van der Waals surface area contributed by atoms with E-state index in [-0.39, 0.29) is 6.09 Å². The summed E-state index contributed by atoms with van der Waals surface area (Å²) in [6, 6.07) is 0. The minimum atomic E-state index is -0.598. The molecule has 0 heterocycles. The first-order valence-electron chi connectivity index (χ1n) is 11.6. The van der Waals surface area contributed by atoms with Crippen molar-refractivity contribution in [1.82, 2.24) is 5.32 Å². The van der Waals surface area contributed by atoms with Crippen LogP contribution in [0.2, 0.25) is 0 Å². The number of carbonyl (C=O) groups excluding carboxylic acids is 1. The van der Waals surface area contributed by atoms with Gasteiger partial charge in [-0.15, -0.1) is 0 Å². The van der Waals surface area contributed by atoms with E-state index in [0.29, 0.717) is 6.54 Å². The Labute approximate surface area is 169 Å². The molecule has 0 aromatic rings. The second kappa shape index (κ2) is 18.4. The first-order valence-corrected chi connectivity index (χ1v) is 11.6. The monoisotopic (exact) mass is 381 g/mol. The van der Waals surface area contributed by atoms with Gasteiger partial charge in [0, 0.05) is 6.54 Å². The molecular formula is C24H47NO2. The maximum absolute atomic E-state index is 11.6. The van der Waals surface area contributed by atoms with E-state index in [1.807, 2.05) is 13.8 Å². The zero-order valence-electron chi connectivity index (χ0n) is 18.6. The number of carbonyl (C=O) groups is 1. The third-order valence-corrected chi connectivity index (χ3v) is 5.15. The number of nitrogens with one attached hydrogen (secondary N) is 1. The molecular weight excluding hydrogens is 334 g/mol. The van der Waals surface area contributed by atoms with Crippen LogP contribution in [0.25, 0.3) is 0 Å². The first-order chi connectivity index (χ1) is 13.0. The molecule has 0 aliphatic rings. The van der Waals surface area contributed by atoms with E-state index in [9.17, 15) is 4.79 Å². The quantitative estimate of drug-likeness (QED) is 0.182. The molecule has 0 atom stereocenters. The van der Waals surface area contributed by atoms with E-state index in [1.54, 1.807) is 6.08 Å². The highest BCUT2D eigenvalue weighted by Crippen LogP contribution is 2.14. The highest BCUT2D eigenvalue weighted by molar-refractivity contribution is 5.67. The summed E-state index contributed by atoms with van der Waals surface area (Å²) in [4.78, 5) is 11.6. The molecule has 0 aliphatic carbocycles. The van der Waals surface area contributed by atoms with Crippen LogP contribution < -0.4 is 5.32 Å². The van der Waals surface area contributed by atoms with Crippen LogP contribution in [-0.2, 0) is 4.74 Å². The Balaban J connectivity index is 3.19. The fourth-order valence-corrected chi connectivity index (χ4v) is 3.18. The molecule has 0 aliphatic heterocycles. The third-order valence-electron chi connectivity index (χ3n) is 5.15. The van der Waals surface area contributed by atoms with E-state index >= 15 is 0 Å². The van der Waals surface area contributed by atoms with Crippen molar-refractivity contribution in [2.75, 3.05) is 6.54 Å². The maximum atomic E-state index is 11.6. The normalized spacial score (nSPS) is 11.4. The van der Waals surface area contributed by atoms with Gasteiger partial charge in [0.25, 0.3) is 0 Å². The molecule has 1 amide bonds. The van der Waals surface area contributed by atoms with Crippen molar-refractivity contribution in [3.05, 3.63) is 12.7 Å². The summed E-state index contributed by atoms with van der Waals surface area (Å²) in [5.41, 5.74) is -0.598. The Hall–Kier alpha value is -0.990. The second-order valence-electron chi connectivity index (χ2n) is 8.43. The van der Waals surface area contributed by atoms with Crippen LogP contribution in [0.5, 0.6) is 0 Å². The second-order valence-corrected chi connectivity index (χ2v) is 8.43. The topological polar surface area (TPSA) is 38.3 Å². The van der Waals surface area contributed by atoms with Crippen LogP contribution in [-0.4, -0.2) is 18.2 Å². The van der Waals surface area contributed by atoms with Crippen LogP contribution in [0.4, 0.5) is 4.79 Å². The molecule has 0 aromatic carbocycles. The summed E-state index contributed by atoms with van der Waals surface area (Å²) in [6.07, 6.45) is 23.1. The smallest absolute Gasteiger partial charge is 0.407 e. The van der Waals surface area contributed by atoms with Gasteiger partial charge in [-0.2, -0.15) is 0 Å². The zero-order valence-corrected chi connectivity index (χ0v) is 18.6. The number of amides is 1. The first kappa shape index (κ1) is 26.0. The lowest BCUT2D eigenvalue weighted by Gasteiger charge is -2.20. The summed E-state index contributed by atoms with van der Waals surface area (Å²) in [7, 11) is 0. The van der Waals surface area contributed by atoms with Crippen molar-refractivity contribution in [2.24, 2.45) is 0 Å². The zero-order chi connectivity index (χ0) is 20.2. The van der Waals surface area contributed by atoms with Gasteiger partial charge in [-0.25, -0.2) is 4.79 Å². The van der Waals surface area contributed by atoms with Crippen LogP contribution in [0.1, 0.15) is 124 Å². The van der Waals surface area contributed by atoms with Crippen LogP contribution >= 0.6 is 0 Å². The standard InChI is InChI=1S/C24H47NO2/c1-5-7-8-9-10-11-12-13-14-15-16-17-18-19-20-21-22-25-23(26)27-24(3,4)6-2/h6H,2,5,7-22H2,1,3-4H3,(H,25,26). The molecule has 0 saturated heterocycles. The van der Waals surface area contributed by atoms with Gasteiger partial charge in [-0.1, -0.05) is 110 Å². The summed E-state index contributed by atoms with van der Waals surface area (Å²) in [5, 5.41) is 2.81. The van der Waals surface area contributed by atoms with Gasteiger partial charge >= 0.3 is 6.09 Å². The van der Waals surface area contributed by atoms with Crippen LogP contribution in [0.15, 0.2) is 12.7 Å². The molecule has 0 fully saturated rings. The number of alkyl carbamates (subject to hydrolysis) is 1. The highest BCUT2D eigenvalue weighted by atomic mass is 16.6. The molecule has 0 rings (SSSR count). The summed E-state index contributed by atoms with van der Waals surface area (Å²) in [6.45, 7) is 10.3. The fraction of sp³-hybridized carbons (Fsp3) is 0.875. The van der Waals surface area contributed by atoms with E-state index in [0.717, 1.165) is 6.42 Å². The Morgan fingerprint density at radius 1 is 0.778 bits per heavy atom. The molecule has 27 heavy (non-hydrogen) atoms. The molecule has 0 radical (unpaired) electrons. The van der Waals surface area contributed by atoms with Gasteiger partial charge in [-0.3, -0.25) is 0 Å². The van der Waals surface area contributed by atoms with Crippen molar-refractivity contribution in [3.8, 4) is 0 Å². The van der Waals surface area contributed by atoms with E-state index < -0.39 is 5.60 Å². The minimum Gasteiger partial charge on any atom is -0.439 e. The number of unbranched alkanes of at least 4 members (excludes halogenated alkanes) is 15. The molecule has 160 valence electrons. The average Bonchev–Trinajstić information content (AvgIpc) is 2.64. The summed E-state index contributed by atoms with van der Waals surface area (Å²) < 4.78 is 5.25. The number of hydrogen-bond donors (Lipinski definition) is 1. The Bertz CT molecular complexity index is 352. The predicted octanol–water partition coefficient (Wildman–Crippen LogP) is 7.94. The Morgan fingerprint density at radius 2 is 1.15 bits per heavy atom. The number of rotatable bonds is 19. The molecule has 3 heteroatoms. The predicted molar refractivity (Wildman–Crippen MR) is 118 cm³/mol. The lowest BCUT2D eigenvalue weighted by molar-refractivity contribution is 0.0723. The van der Waals surface area contributed by atoms with Crippen molar-refractivity contribution >= 4 is 6.09 Å². The lowest BCUT2D eigenvalue weighted by atomic mass is 10.0. The minimum absolute atomic E-state index is 0.346. The molecule has 1 N–H and O–H groups in total. The highest BCUT2D eigenvalue weighted by Gasteiger charge is 2.17. The summed E-state index contributed by atoms with van der Waals surface area (Å²) >= 11 is 0. The van der Waals surface area contributed by atoms with Crippen LogP contribution in [0.3, 0.4) is 0 Å². The van der Waals surface area contributed by atoms with Gasteiger partial charge in [0.2, 0.25) is 0 Å². The van der Waals surface area contributed by atoms with Gasteiger partial charge in [0.05, 0.1) is 0 Å². The van der Waals surface area contributed by atoms with Gasteiger partial charge < -0.3 is 10.1 Å². The van der Waals surface area contributed by atoms with Crippen molar-refractivity contribution in [2.45, 2.75) is 129 Å². The summed E-state index contributed by atoms with van der Waals surface area (Å²) in [5.74, 6) is 0. The molecule has 0 aromatic heterocycles. The molecule has 0 unspecified atom stereocenters. The number of hydrogen-bond acceptors (Lipinski definition) is 2. The van der Waals surface area contributed by atoms with Gasteiger partial charge in [-0.05, 0) is 26.3 Å². The SMILES string of the molecule is C=CC(C)(C)OC(=O)NCCCCCCCCCCCCCCCCCC. The van der Waals surface area contributed by atoms with Gasteiger partial charge in [0.1, 0.15) is 5.60 Å². The van der Waals surface area contributed by atoms with Crippen molar-refractivity contribution < 1.29 is 9.53 Å². The molecule has 0 spiro atoms. The molecule has 0 bridgehead atoms. The average molecular weight is 382 g/mol. The van der Waals surface area contributed by atoms with E-state index in [2.05, 4.69) is 18.8 Å². The fourth-order valence-electron chi connectivity index (χ4n) is 3.18. The number of ether oxygens (including phenoxy) is 1. The largest absolute Gasteiger partial charge is 0.439 e. The van der Waals surface area contributed by atoms with E-state index in [4.69, 9.17) is 4.74 Å². The van der Waals surface area contributed by atoms with Crippen molar-refractivity contribution in [1.29, 1.82) is 0 Å².